The van der Waals surface area contributed by atoms with E-state index in [1.54, 1.807) is 27.0 Å². The Hall–Kier alpha value is -2.30. The summed E-state index contributed by atoms with van der Waals surface area (Å²) in [6, 6.07) is 5.48. The molecule has 1 aromatic heterocycles. The van der Waals surface area contributed by atoms with Gasteiger partial charge in [-0.3, -0.25) is 4.79 Å². The molecule has 0 fully saturated rings. The van der Waals surface area contributed by atoms with Crippen molar-refractivity contribution in [3.63, 3.8) is 0 Å². The molecule has 2 aromatic rings. The Bertz CT molecular complexity index is 598. The molecule has 0 saturated heterocycles. The second-order valence-electron chi connectivity index (χ2n) is 4.33. The van der Waals surface area contributed by atoms with Crippen molar-refractivity contribution in [2.45, 2.75) is 20.8 Å². The van der Waals surface area contributed by atoms with Gasteiger partial charge in [0.15, 0.2) is 0 Å². The maximum atomic E-state index is 12.2. The van der Waals surface area contributed by atoms with Gasteiger partial charge in [-0.25, -0.2) is 0 Å². The molecule has 0 saturated carbocycles. The van der Waals surface area contributed by atoms with E-state index in [1.807, 2.05) is 19.1 Å². The first-order valence-corrected chi connectivity index (χ1v) is 5.91. The van der Waals surface area contributed by atoms with Gasteiger partial charge in [0.25, 0.3) is 5.91 Å². The van der Waals surface area contributed by atoms with E-state index in [1.165, 1.54) is 0 Å². The molecule has 5 nitrogen and oxygen atoms in total. The number of nitrogens with zero attached hydrogens (tertiary/aromatic N) is 1. The van der Waals surface area contributed by atoms with Gasteiger partial charge in [-0.15, -0.1) is 0 Å². The summed E-state index contributed by atoms with van der Waals surface area (Å²) in [5, 5.41) is 6.62. The Morgan fingerprint density at radius 2 is 2.05 bits per heavy atom. The van der Waals surface area contributed by atoms with E-state index in [0.29, 0.717) is 17.0 Å². The van der Waals surface area contributed by atoms with Gasteiger partial charge in [0.1, 0.15) is 17.1 Å². The number of methoxy groups -OCH3 is 1. The van der Waals surface area contributed by atoms with Crippen LogP contribution in [-0.4, -0.2) is 18.2 Å². The van der Waals surface area contributed by atoms with Crippen molar-refractivity contribution in [1.82, 2.24) is 5.16 Å². The SMILES string of the molecule is COc1ccc(NC(=O)c2c(C)noc2C)c(C)c1. The van der Waals surface area contributed by atoms with Crippen molar-refractivity contribution in [3.8, 4) is 5.75 Å². The van der Waals surface area contributed by atoms with Crippen LogP contribution in [0.25, 0.3) is 0 Å². The molecule has 0 atom stereocenters. The van der Waals surface area contributed by atoms with Crippen molar-refractivity contribution >= 4 is 11.6 Å². The molecule has 1 amide bonds. The molecular formula is C14H16N2O3. The molecule has 1 aromatic carbocycles. The van der Waals surface area contributed by atoms with Crippen LogP contribution in [0.15, 0.2) is 22.7 Å². The topological polar surface area (TPSA) is 64.4 Å². The average Bonchev–Trinajstić information content (AvgIpc) is 2.71. The van der Waals surface area contributed by atoms with Crippen LogP contribution in [0, 0.1) is 20.8 Å². The van der Waals surface area contributed by atoms with Crippen molar-refractivity contribution < 1.29 is 14.1 Å². The summed E-state index contributed by atoms with van der Waals surface area (Å²) in [6.45, 7) is 5.37. The molecule has 19 heavy (non-hydrogen) atoms. The first kappa shape index (κ1) is 13.1. The molecule has 0 unspecified atom stereocenters. The van der Waals surface area contributed by atoms with Gasteiger partial charge >= 0.3 is 0 Å². The molecule has 100 valence electrons. The summed E-state index contributed by atoms with van der Waals surface area (Å²) >= 11 is 0. The summed E-state index contributed by atoms with van der Waals surface area (Å²) in [7, 11) is 1.61. The smallest absolute Gasteiger partial charge is 0.261 e. The predicted molar refractivity (Wildman–Crippen MR) is 71.7 cm³/mol. The van der Waals surface area contributed by atoms with Crippen LogP contribution >= 0.6 is 0 Å². The van der Waals surface area contributed by atoms with Gasteiger partial charge < -0.3 is 14.6 Å². The van der Waals surface area contributed by atoms with Crippen LogP contribution < -0.4 is 10.1 Å². The lowest BCUT2D eigenvalue weighted by Gasteiger charge is -2.09. The van der Waals surface area contributed by atoms with Crippen molar-refractivity contribution in [3.05, 3.63) is 40.8 Å². The highest BCUT2D eigenvalue weighted by Crippen LogP contribution is 2.22. The number of aromatic nitrogens is 1. The lowest BCUT2D eigenvalue weighted by molar-refractivity contribution is 0.102. The standard InChI is InChI=1S/C14H16N2O3/c1-8-7-11(18-4)5-6-12(8)15-14(17)13-9(2)16-19-10(13)3/h5-7H,1-4H3,(H,15,17). The quantitative estimate of drug-likeness (QED) is 0.921. The number of carbonyl (C=O) groups is 1. The minimum atomic E-state index is -0.218. The van der Waals surface area contributed by atoms with Gasteiger partial charge in [0, 0.05) is 5.69 Å². The van der Waals surface area contributed by atoms with E-state index in [-0.39, 0.29) is 5.91 Å². The molecule has 0 bridgehead atoms. The number of amides is 1. The predicted octanol–water partition coefficient (Wildman–Crippen LogP) is 2.86. The maximum absolute atomic E-state index is 12.2. The zero-order valence-electron chi connectivity index (χ0n) is 11.4. The summed E-state index contributed by atoms with van der Waals surface area (Å²) in [4.78, 5) is 12.2. The number of rotatable bonds is 3. The van der Waals surface area contributed by atoms with E-state index in [0.717, 1.165) is 17.0 Å². The fourth-order valence-corrected chi connectivity index (χ4v) is 1.90. The van der Waals surface area contributed by atoms with Crippen LogP contribution in [0.3, 0.4) is 0 Å². The van der Waals surface area contributed by atoms with Crippen LogP contribution in [0.1, 0.15) is 27.4 Å². The number of aryl methyl sites for hydroxylation is 3. The highest BCUT2D eigenvalue weighted by Gasteiger charge is 2.18. The second-order valence-corrected chi connectivity index (χ2v) is 4.33. The number of carbonyl (C=O) groups excluding carboxylic acids is 1. The number of benzene rings is 1. The van der Waals surface area contributed by atoms with Crippen molar-refractivity contribution in [2.24, 2.45) is 0 Å². The van der Waals surface area contributed by atoms with E-state index in [2.05, 4.69) is 10.5 Å². The molecule has 1 N–H and O–H groups in total. The van der Waals surface area contributed by atoms with Gasteiger partial charge in [0.2, 0.25) is 0 Å². The fourth-order valence-electron chi connectivity index (χ4n) is 1.90. The summed E-state index contributed by atoms with van der Waals surface area (Å²) in [6.07, 6.45) is 0. The summed E-state index contributed by atoms with van der Waals surface area (Å²) in [5.41, 5.74) is 2.74. The Morgan fingerprint density at radius 1 is 1.32 bits per heavy atom. The van der Waals surface area contributed by atoms with E-state index >= 15 is 0 Å². The Labute approximate surface area is 111 Å². The van der Waals surface area contributed by atoms with Crippen molar-refractivity contribution in [2.75, 3.05) is 12.4 Å². The lowest BCUT2D eigenvalue weighted by atomic mass is 10.1. The fraction of sp³-hybridized carbons (Fsp3) is 0.286. The molecule has 0 aliphatic rings. The third-order valence-electron chi connectivity index (χ3n) is 2.94. The number of anilines is 1. The Kier molecular flexibility index (Phi) is 3.55. The first-order valence-electron chi connectivity index (χ1n) is 5.91. The van der Waals surface area contributed by atoms with E-state index in [9.17, 15) is 4.79 Å². The third kappa shape index (κ3) is 2.59. The number of ether oxygens (including phenoxy) is 1. The van der Waals surface area contributed by atoms with Gasteiger partial charge in [-0.1, -0.05) is 5.16 Å². The maximum Gasteiger partial charge on any atom is 0.261 e. The van der Waals surface area contributed by atoms with Gasteiger partial charge in [-0.2, -0.15) is 0 Å². The van der Waals surface area contributed by atoms with Crippen LogP contribution in [0.4, 0.5) is 5.69 Å². The molecule has 0 radical (unpaired) electrons. The molecule has 5 heteroatoms. The molecule has 0 aliphatic carbocycles. The molecule has 2 rings (SSSR count). The Morgan fingerprint density at radius 3 is 2.58 bits per heavy atom. The minimum Gasteiger partial charge on any atom is -0.497 e. The second kappa shape index (κ2) is 5.14. The molecule has 0 spiro atoms. The van der Waals surface area contributed by atoms with Crippen molar-refractivity contribution in [1.29, 1.82) is 0 Å². The summed E-state index contributed by atoms with van der Waals surface area (Å²) < 4.78 is 10.1. The number of hydrogen-bond donors (Lipinski definition) is 1. The lowest BCUT2D eigenvalue weighted by Crippen LogP contribution is -2.14. The Balaban J connectivity index is 2.24. The third-order valence-corrected chi connectivity index (χ3v) is 2.94. The van der Waals surface area contributed by atoms with E-state index < -0.39 is 0 Å². The largest absolute Gasteiger partial charge is 0.497 e. The van der Waals surface area contributed by atoms with Crippen LogP contribution in [0.2, 0.25) is 0 Å². The highest BCUT2D eigenvalue weighted by atomic mass is 16.5. The minimum absolute atomic E-state index is 0.218. The highest BCUT2D eigenvalue weighted by molar-refractivity contribution is 6.06. The molecule has 0 aliphatic heterocycles. The monoisotopic (exact) mass is 260 g/mol. The average molecular weight is 260 g/mol. The summed E-state index contributed by atoms with van der Waals surface area (Å²) in [5.74, 6) is 1.05. The zero-order valence-corrected chi connectivity index (χ0v) is 11.4. The normalized spacial score (nSPS) is 10.3. The molecular weight excluding hydrogens is 244 g/mol. The van der Waals surface area contributed by atoms with E-state index in [4.69, 9.17) is 9.26 Å². The molecule has 1 heterocycles. The first-order chi connectivity index (χ1) is 9.02. The zero-order chi connectivity index (χ0) is 14.0. The van der Waals surface area contributed by atoms with Crippen LogP contribution in [-0.2, 0) is 0 Å². The number of hydrogen-bond acceptors (Lipinski definition) is 4. The van der Waals surface area contributed by atoms with Crippen LogP contribution in [0.5, 0.6) is 5.75 Å². The van der Waals surface area contributed by atoms with Gasteiger partial charge in [-0.05, 0) is 44.5 Å². The van der Waals surface area contributed by atoms with Gasteiger partial charge in [0.05, 0.1) is 12.8 Å². The number of nitrogens with one attached hydrogen (secondary N) is 1.